The first kappa shape index (κ1) is 21.2. The fourth-order valence-corrected chi connectivity index (χ4v) is 7.62. The highest BCUT2D eigenvalue weighted by Crippen LogP contribution is 2.64. The van der Waals surface area contributed by atoms with Gasteiger partial charge in [-0.1, -0.05) is 74.5 Å². The van der Waals surface area contributed by atoms with E-state index in [1.54, 1.807) is 0 Å². The highest BCUT2D eigenvalue weighted by molar-refractivity contribution is 7.89. The third kappa shape index (κ3) is 3.51. The minimum absolute atomic E-state index is 0.0951. The Morgan fingerprint density at radius 1 is 1.03 bits per heavy atom. The summed E-state index contributed by atoms with van der Waals surface area (Å²) >= 11 is 0. The Morgan fingerprint density at radius 2 is 1.60 bits per heavy atom. The maximum absolute atomic E-state index is 13.4. The van der Waals surface area contributed by atoms with Crippen molar-refractivity contribution in [2.24, 2.45) is 22.5 Å². The SMILES string of the molecule is CC1(C)C2CCC1(CS(=O)(=O)NC(c1ccccc1)C(N)c1ccccc1)C(=O)C2. The molecule has 2 aliphatic rings. The van der Waals surface area contributed by atoms with Crippen LogP contribution in [0.15, 0.2) is 60.7 Å². The van der Waals surface area contributed by atoms with Crippen LogP contribution in [-0.4, -0.2) is 20.0 Å². The van der Waals surface area contributed by atoms with Crippen LogP contribution in [0.1, 0.15) is 56.3 Å². The van der Waals surface area contributed by atoms with Crippen LogP contribution < -0.4 is 10.5 Å². The van der Waals surface area contributed by atoms with E-state index < -0.39 is 27.5 Å². The number of sulfonamides is 1. The van der Waals surface area contributed by atoms with E-state index in [1.807, 2.05) is 60.7 Å². The highest BCUT2D eigenvalue weighted by Gasteiger charge is 2.65. The average Bonchev–Trinajstić information content (AvgIpc) is 3.07. The van der Waals surface area contributed by atoms with E-state index >= 15 is 0 Å². The lowest BCUT2D eigenvalue weighted by atomic mass is 9.70. The first-order valence-corrected chi connectivity index (χ1v) is 12.2. The third-order valence-electron chi connectivity index (χ3n) is 7.58. The molecule has 0 spiro atoms. The number of benzene rings is 2. The molecule has 2 saturated carbocycles. The molecule has 0 amide bonds. The smallest absolute Gasteiger partial charge is 0.213 e. The van der Waals surface area contributed by atoms with Gasteiger partial charge in [0.2, 0.25) is 10.0 Å². The van der Waals surface area contributed by atoms with E-state index in [4.69, 9.17) is 5.73 Å². The quantitative estimate of drug-likeness (QED) is 0.706. The largest absolute Gasteiger partial charge is 0.322 e. The molecule has 2 aromatic carbocycles. The van der Waals surface area contributed by atoms with Crippen molar-refractivity contribution in [1.29, 1.82) is 0 Å². The van der Waals surface area contributed by atoms with Crippen LogP contribution >= 0.6 is 0 Å². The van der Waals surface area contributed by atoms with Gasteiger partial charge in [-0.3, -0.25) is 4.79 Å². The van der Waals surface area contributed by atoms with E-state index in [2.05, 4.69) is 18.6 Å². The molecule has 2 bridgehead atoms. The van der Waals surface area contributed by atoms with Gasteiger partial charge < -0.3 is 5.73 Å². The van der Waals surface area contributed by atoms with E-state index in [-0.39, 0.29) is 22.9 Å². The molecule has 4 unspecified atom stereocenters. The number of ketones is 1. The molecule has 4 atom stereocenters. The molecule has 0 saturated heterocycles. The molecule has 5 nitrogen and oxygen atoms in total. The highest BCUT2D eigenvalue weighted by atomic mass is 32.2. The normalized spacial score (nSPS) is 27.2. The average molecular weight is 427 g/mol. The van der Waals surface area contributed by atoms with Gasteiger partial charge in [0.25, 0.3) is 0 Å². The van der Waals surface area contributed by atoms with E-state index in [9.17, 15) is 13.2 Å². The summed E-state index contributed by atoms with van der Waals surface area (Å²) in [7, 11) is -3.76. The van der Waals surface area contributed by atoms with Gasteiger partial charge in [0, 0.05) is 11.8 Å². The Balaban J connectivity index is 1.65. The Kier molecular flexibility index (Phi) is 5.37. The predicted octanol–water partition coefficient (Wildman–Crippen LogP) is 3.74. The standard InChI is InChI=1S/C24H30N2O3S/c1-23(2)19-13-14-24(23,20(27)15-19)16-30(28,29)26-22(18-11-7-4-8-12-18)21(25)17-9-5-3-6-10-17/h3-12,19,21-22,26H,13-16,25H2,1-2H3. The van der Waals surface area contributed by atoms with Gasteiger partial charge in [-0.05, 0) is 35.3 Å². The summed E-state index contributed by atoms with van der Waals surface area (Å²) in [5.74, 6) is 0.196. The van der Waals surface area contributed by atoms with Crippen LogP contribution in [0.5, 0.6) is 0 Å². The number of hydrogen-bond acceptors (Lipinski definition) is 4. The van der Waals surface area contributed by atoms with E-state index in [1.165, 1.54) is 0 Å². The summed E-state index contributed by atoms with van der Waals surface area (Å²) in [5, 5.41) is 0. The lowest BCUT2D eigenvalue weighted by Gasteiger charge is -2.37. The van der Waals surface area contributed by atoms with Crippen molar-refractivity contribution in [2.45, 2.75) is 45.2 Å². The van der Waals surface area contributed by atoms with E-state index in [0.717, 1.165) is 17.5 Å². The number of carbonyl (C=O) groups excluding carboxylic acids is 1. The van der Waals surface area contributed by atoms with Crippen LogP contribution in [0.4, 0.5) is 0 Å². The van der Waals surface area contributed by atoms with Crippen molar-refractivity contribution in [3.63, 3.8) is 0 Å². The second-order valence-corrected chi connectivity index (χ2v) is 11.1. The zero-order valence-corrected chi connectivity index (χ0v) is 18.4. The number of rotatable bonds is 7. The fraction of sp³-hybridized carbons (Fsp3) is 0.458. The number of carbonyl (C=O) groups is 1. The maximum atomic E-state index is 13.4. The molecule has 160 valence electrons. The van der Waals surface area contributed by atoms with Crippen molar-refractivity contribution in [3.8, 4) is 0 Å². The molecule has 3 N–H and O–H groups in total. The minimum Gasteiger partial charge on any atom is -0.322 e. The fourth-order valence-electron chi connectivity index (χ4n) is 5.54. The van der Waals surface area contributed by atoms with Crippen LogP contribution in [-0.2, 0) is 14.8 Å². The molecular formula is C24H30N2O3S. The molecule has 6 heteroatoms. The Hall–Kier alpha value is -2.02. The monoisotopic (exact) mass is 426 g/mol. The summed E-state index contributed by atoms with van der Waals surface area (Å²) in [5.41, 5.74) is 7.09. The zero-order chi connectivity index (χ0) is 21.6. The van der Waals surface area contributed by atoms with Crippen LogP contribution in [0.3, 0.4) is 0 Å². The van der Waals surface area contributed by atoms with Gasteiger partial charge in [-0.15, -0.1) is 0 Å². The number of nitrogens with one attached hydrogen (secondary N) is 1. The molecule has 0 aromatic heterocycles. The summed E-state index contributed by atoms with van der Waals surface area (Å²) < 4.78 is 29.7. The summed E-state index contributed by atoms with van der Waals surface area (Å²) in [6.07, 6.45) is 2.05. The third-order valence-corrected chi connectivity index (χ3v) is 9.07. The van der Waals surface area contributed by atoms with E-state index in [0.29, 0.717) is 12.8 Å². The Morgan fingerprint density at radius 3 is 2.10 bits per heavy atom. The first-order valence-electron chi connectivity index (χ1n) is 10.6. The molecule has 0 radical (unpaired) electrons. The summed E-state index contributed by atoms with van der Waals surface area (Å²) in [6.45, 7) is 4.10. The van der Waals surface area contributed by atoms with Gasteiger partial charge in [-0.2, -0.15) is 0 Å². The molecule has 2 aliphatic carbocycles. The van der Waals surface area contributed by atoms with Crippen molar-refractivity contribution >= 4 is 15.8 Å². The zero-order valence-electron chi connectivity index (χ0n) is 17.5. The molecule has 0 heterocycles. The lowest BCUT2D eigenvalue weighted by Crippen LogP contribution is -2.47. The molecule has 2 fully saturated rings. The second-order valence-electron chi connectivity index (χ2n) is 9.37. The molecular weight excluding hydrogens is 396 g/mol. The lowest BCUT2D eigenvalue weighted by molar-refractivity contribution is -0.128. The van der Waals surface area contributed by atoms with Crippen molar-refractivity contribution in [2.75, 3.05) is 5.75 Å². The molecule has 4 rings (SSSR count). The van der Waals surface area contributed by atoms with Gasteiger partial charge in [-0.25, -0.2) is 13.1 Å². The predicted molar refractivity (Wildman–Crippen MR) is 118 cm³/mol. The van der Waals surface area contributed by atoms with Gasteiger partial charge in [0.15, 0.2) is 0 Å². The van der Waals surface area contributed by atoms with Crippen LogP contribution in [0.2, 0.25) is 0 Å². The van der Waals surface area contributed by atoms with Gasteiger partial charge in [0.05, 0.1) is 17.8 Å². The van der Waals surface area contributed by atoms with Gasteiger partial charge in [0.1, 0.15) is 5.78 Å². The minimum atomic E-state index is -3.76. The number of hydrogen-bond donors (Lipinski definition) is 2. The van der Waals surface area contributed by atoms with Crippen molar-refractivity contribution in [3.05, 3.63) is 71.8 Å². The molecule has 0 aliphatic heterocycles. The van der Waals surface area contributed by atoms with Crippen molar-refractivity contribution < 1.29 is 13.2 Å². The molecule has 2 aromatic rings. The Bertz CT molecular complexity index is 1020. The maximum Gasteiger partial charge on any atom is 0.213 e. The number of Topliss-reactive ketones (excluding diaryl/α,β-unsaturated/α-hetero) is 1. The van der Waals surface area contributed by atoms with Gasteiger partial charge >= 0.3 is 0 Å². The topological polar surface area (TPSA) is 89.3 Å². The molecule has 30 heavy (non-hydrogen) atoms. The Labute approximate surface area is 179 Å². The first-order chi connectivity index (χ1) is 14.2. The summed E-state index contributed by atoms with van der Waals surface area (Å²) in [4.78, 5) is 12.8. The second kappa shape index (κ2) is 7.59. The van der Waals surface area contributed by atoms with Crippen LogP contribution in [0, 0.1) is 16.7 Å². The summed E-state index contributed by atoms with van der Waals surface area (Å²) in [6, 6.07) is 17.7. The van der Waals surface area contributed by atoms with Crippen molar-refractivity contribution in [1.82, 2.24) is 4.72 Å². The number of nitrogens with two attached hydrogens (primary N) is 1. The van der Waals surface area contributed by atoms with Crippen LogP contribution in [0.25, 0.3) is 0 Å². The number of fused-ring (bicyclic) bond motifs is 2.